The number of aryl methyl sites for hydroxylation is 2. The maximum absolute atomic E-state index is 12.6. The number of nitrogens with one attached hydrogen (secondary N) is 1. The molecule has 1 aromatic heterocycles. The first-order valence-electron chi connectivity index (χ1n) is 9.85. The average Bonchev–Trinajstić information content (AvgIpc) is 3.02. The van der Waals surface area contributed by atoms with Gasteiger partial charge in [0.25, 0.3) is 5.91 Å². The number of aromatic nitrogens is 2. The molecule has 0 saturated carbocycles. The van der Waals surface area contributed by atoms with E-state index < -0.39 is 25.1 Å². The van der Waals surface area contributed by atoms with E-state index in [-0.39, 0.29) is 17.0 Å². The van der Waals surface area contributed by atoms with E-state index in [0.717, 1.165) is 11.1 Å². The van der Waals surface area contributed by atoms with E-state index in [1.165, 1.54) is 18.2 Å². The summed E-state index contributed by atoms with van der Waals surface area (Å²) in [5.74, 6) is -1.57. The van der Waals surface area contributed by atoms with Crippen molar-refractivity contribution in [3.05, 3.63) is 76.6 Å². The molecule has 1 N–H and O–H groups in total. The first-order valence-corrected chi connectivity index (χ1v) is 9.85. The van der Waals surface area contributed by atoms with E-state index in [0.29, 0.717) is 17.9 Å². The largest absolute Gasteiger partial charge is 0.452 e. The Morgan fingerprint density at radius 3 is 2.44 bits per heavy atom. The molecule has 0 saturated heterocycles. The van der Waals surface area contributed by atoms with E-state index >= 15 is 0 Å². The van der Waals surface area contributed by atoms with Crippen LogP contribution in [-0.4, -0.2) is 34.9 Å². The van der Waals surface area contributed by atoms with Gasteiger partial charge in [0.2, 0.25) is 0 Å². The van der Waals surface area contributed by atoms with Crippen LogP contribution in [0, 0.1) is 20.8 Å². The Balaban J connectivity index is 1.63. The van der Waals surface area contributed by atoms with Gasteiger partial charge in [0.1, 0.15) is 11.3 Å². The van der Waals surface area contributed by atoms with E-state index in [4.69, 9.17) is 4.74 Å². The van der Waals surface area contributed by atoms with Gasteiger partial charge >= 0.3 is 12.6 Å². The Kier molecular flexibility index (Phi) is 7.19. The number of hydrogen-bond donors (Lipinski definition) is 1. The summed E-state index contributed by atoms with van der Waals surface area (Å²) in [5, 5.41) is 6.81. The molecule has 3 rings (SSSR count). The standard InChI is InChI=1S/C23H23F2N3O4/c1-14-8-10-17(11-9-14)12-28-16(3)21(15(2)27-28)22(30)31-13-20(29)26-18-6-4-5-7-19(18)32-23(24)25/h4-11,23H,12-13H2,1-3H3,(H,26,29). The zero-order valence-corrected chi connectivity index (χ0v) is 17.9. The van der Waals surface area contributed by atoms with Crippen LogP contribution >= 0.6 is 0 Å². The van der Waals surface area contributed by atoms with Crippen LogP contribution < -0.4 is 10.1 Å². The highest BCUT2D eigenvalue weighted by Crippen LogP contribution is 2.25. The van der Waals surface area contributed by atoms with Crippen molar-refractivity contribution >= 4 is 17.6 Å². The highest BCUT2D eigenvalue weighted by atomic mass is 19.3. The molecule has 0 aliphatic heterocycles. The lowest BCUT2D eigenvalue weighted by atomic mass is 10.1. The van der Waals surface area contributed by atoms with Gasteiger partial charge in [-0.15, -0.1) is 0 Å². The number of hydrogen-bond acceptors (Lipinski definition) is 5. The summed E-state index contributed by atoms with van der Waals surface area (Å²) in [6.07, 6.45) is 0. The van der Waals surface area contributed by atoms with Crippen molar-refractivity contribution in [1.82, 2.24) is 9.78 Å². The Hall–Kier alpha value is -3.75. The maximum Gasteiger partial charge on any atom is 0.387 e. The minimum Gasteiger partial charge on any atom is -0.452 e. The fraction of sp³-hybridized carbons (Fsp3) is 0.261. The number of rotatable bonds is 8. The molecule has 7 nitrogen and oxygen atoms in total. The fourth-order valence-electron chi connectivity index (χ4n) is 3.17. The van der Waals surface area contributed by atoms with Gasteiger partial charge in [-0.05, 0) is 38.5 Å². The minimum atomic E-state index is -3.03. The molecule has 0 bridgehead atoms. The minimum absolute atomic E-state index is 0.0483. The second kappa shape index (κ2) is 10.0. The van der Waals surface area contributed by atoms with E-state index in [1.54, 1.807) is 24.6 Å². The van der Waals surface area contributed by atoms with Gasteiger partial charge in [-0.3, -0.25) is 9.48 Å². The Morgan fingerprint density at radius 2 is 1.75 bits per heavy atom. The van der Waals surface area contributed by atoms with Gasteiger partial charge in [0.05, 0.1) is 23.6 Å². The van der Waals surface area contributed by atoms with Crippen LogP contribution in [0.1, 0.15) is 32.9 Å². The van der Waals surface area contributed by atoms with Crippen LogP contribution in [0.25, 0.3) is 0 Å². The summed E-state index contributed by atoms with van der Waals surface area (Å²) in [7, 11) is 0. The molecule has 2 aromatic carbocycles. The summed E-state index contributed by atoms with van der Waals surface area (Å²) in [6.45, 7) is 2.30. The van der Waals surface area contributed by atoms with Crippen molar-refractivity contribution in [2.75, 3.05) is 11.9 Å². The summed E-state index contributed by atoms with van der Waals surface area (Å²) in [4.78, 5) is 24.8. The quantitative estimate of drug-likeness (QED) is 0.526. The SMILES string of the molecule is Cc1ccc(Cn2nc(C)c(C(=O)OCC(=O)Nc3ccccc3OC(F)F)c2C)cc1. The predicted molar refractivity (Wildman–Crippen MR) is 114 cm³/mol. The number of halogens is 2. The first-order chi connectivity index (χ1) is 15.2. The molecule has 1 amide bonds. The molecule has 0 spiro atoms. The number of carbonyl (C=O) groups is 2. The first kappa shape index (κ1) is 22.9. The normalized spacial score (nSPS) is 10.8. The summed E-state index contributed by atoms with van der Waals surface area (Å²) >= 11 is 0. The van der Waals surface area contributed by atoms with Crippen molar-refractivity contribution < 1.29 is 27.8 Å². The van der Waals surface area contributed by atoms with Crippen molar-refractivity contribution in [2.45, 2.75) is 33.9 Å². The number of amides is 1. The number of carbonyl (C=O) groups excluding carboxylic acids is 2. The third-order valence-corrected chi connectivity index (χ3v) is 4.75. The van der Waals surface area contributed by atoms with Gasteiger partial charge in [-0.1, -0.05) is 42.0 Å². The molecule has 32 heavy (non-hydrogen) atoms. The smallest absolute Gasteiger partial charge is 0.387 e. The molecule has 0 unspecified atom stereocenters. The number of alkyl halides is 2. The highest BCUT2D eigenvalue weighted by Gasteiger charge is 2.21. The molecule has 0 fully saturated rings. The summed E-state index contributed by atoms with van der Waals surface area (Å²) < 4.78 is 36.2. The molecule has 168 valence electrons. The van der Waals surface area contributed by atoms with Crippen molar-refractivity contribution in [3.8, 4) is 5.75 Å². The van der Waals surface area contributed by atoms with E-state index in [1.807, 2.05) is 31.2 Å². The zero-order chi connectivity index (χ0) is 23.3. The Labute approximate surface area is 184 Å². The topological polar surface area (TPSA) is 82.5 Å². The van der Waals surface area contributed by atoms with Gasteiger partial charge < -0.3 is 14.8 Å². The predicted octanol–water partition coefficient (Wildman–Crippen LogP) is 4.25. The summed E-state index contributed by atoms with van der Waals surface area (Å²) in [5.41, 5.74) is 3.61. The number of ether oxygens (including phenoxy) is 2. The van der Waals surface area contributed by atoms with Crippen LogP contribution in [0.2, 0.25) is 0 Å². The van der Waals surface area contributed by atoms with Gasteiger partial charge in [-0.2, -0.15) is 13.9 Å². The van der Waals surface area contributed by atoms with E-state index in [9.17, 15) is 18.4 Å². The maximum atomic E-state index is 12.6. The zero-order valence-electron chi connectivity index (χ0n) is 17.9. The highest BCUT2D eigenvalue weighted by molar-refractivity contribution is 5.97. The lowest BCUT2D eigenvalue weighted by molar-refractivity contribution is -0.119. The third kappa shape index (κ3) is 5.69. The van der Waals surface area contributed by atoms with Crippen LogP contribution in [0.5, 0.6) is 5.75 Å². The molecule has 0 aliphatic carbocycles. The lowest BCUT2D eigenvalue weighted by Gasteiger charge is -2.12. The molecule has 1 heterocycles. The van der Waals surface area contributed by atoms with Crippen LogP contribution in [0.3, 0.4) is 0 Å². The van der Waals surface area contributed by atoms with Crippen molar-refractivity contribution in [1.29, 1.82) is 0 Å². The average molecular weight is 443 g/mol. The number of anilines is 1. The molecule has 3 aromatic rings. The number of benzene rings is 2. The second-order valence-electron chi connectivity index (χ2n) is 7.19. The van der Waals surface area contributed by atoms with Crippen LogP contribution in [0.4, 0.5) is 14.5 Å². The van der Waals surface area contributed by atoms with Crippen LogP contribution in [0.15, 0.2) is 48.5 Å². The van der Waals surface area contributed by atoms with Gasteiger partial charge in [-0.25, -0.2) is 4.79 Å². The molecule has 9 heteroatoms. The van der Waals surface area contributed by atoms with Gasteiger partial charge in [0.15, 0.2) is 6.61 Å². The molecule has 0 aliphatic rings. The number of nitrogens with zero attached hydrogens (tertiary/aromatic N) is 2. The van der Waals surface area contributed by atoms with Crippen molar-refractivity contribution in [3.63, 3.8) is 0 Å². The lowest BCUT2D eigenvalue weighted by Crippen LogP contribution is -2.22. The Morgan fingerprint density at radius 1 is 1.06 bits per heavy atom. The number of esters is 1. The molecule has 0 atom stereocenters. The second-order valence-corrected chi connectivity index (χ2v) is 7.19. The fourth-order valence-corrected chi connectivity index (χ4v) is 3.17. The van der Waals surface area contributed by atoms with Crippen LogP contribution in [-0.2, 0) is 16.1 Å². The third-order valence-electron chi connectivity index (χ3n) is 4.75. The Bertz CT molecular complexity index is 1110. The monoisotopic (exact) mass is 443 g/mol. The number of para-hydroxylation sites is 2. The van der Waals surface area contributed by atoms with Gasteiger partial charge in [0, 0.05) is 0 Å². The molecular weight excluding hydrogens is 420 g/mol. The van der Waals surface area contributed by atoms with Crippen molar-refractivity contribution in [2.24, 2.45) is 0 Å². The molecular formula is C23H23F2N3O4. The molecule has 0 radical (unpaired) electrons. The summed E-state index contributed by atoms with van der Waals surface area (Å²) in [6, 6.07) is 13.7. The van der Waals surface area contributed by atoms with E-state index in [2.05, 4.69) is 15.2 Å².